The van der Waals surface area contributed by atoms with Crippen molar-refractivity contribution in [1.29, 1.82) is 0 Å². The zero-order valence-electron chi connectivity index (χ0n) is 12.7. The zero-order chi connectivity index (χ0) is 15.5. The van der Waals surface area contributed by atoms with Crippen LogP contribution in [0.25, 0.3) is 0 Å². The Labute approximate surface area is 120 Å². The summed E-state index contributed by atoms with van der Waals surface area (Å²) in [5.74, 6) is 5.40. The molecule has 110 valence electrons. The third-order valence-corrected chi connectivity index (χ3v) is 3.31. The molecule has 0 bridgehead atoms. The molecule has 0 fully saturated rings. The molecule has 4 heteroatoms. The number of aromatic hydroxyl groups is 1. The lowest BCUT2D eigenvalue weighted by Gasteiger charge is -2.24. The van der Waals surface area contributed by atoms with E-state index in [0.717, 1.165) is 16.1 Å². The van der Waals surface area contributed by atoms with Gasteiger partial charge in [0, 0.05) is 0 Å². The lowest BCUT2D eigenvalue weighted by atomic mass is 9.84. The van der Waals surface area contributed by atoms with Crippen molar-refractivity contribution in [3.8, 4) is 5.75 Å². The number of phenols is 1. The molecule has 3 N–H and O–H groups in total. The van der Waals surface area contributed by atoms with Crippen LogP contribution in [0.3, 0.4) is 0 Å². The van der Waals surface area contributed by atoms with Crippen molar-refractivity contribution >= 4 is 5.91 Å². The summed E-state index contributed by atoms with van der Waals surface area (Å²) in [7, 11) is 0. The van der Waals surface area contributed by atoms with Gasteiger partial charge in [0.1, 0.15) is 5.75 Å². The van der Waals surface area contributed by atoms with Gasteiger partial charge in [-0.1, -0.05) is 39.0 Å². The smallest absolute Gasteiger partial charge is 0.244 e. The van der Waals surface area contributed by atoms with Crippen molar-refractivity contribution in [2.45, 2.75) is 39.0 Å². The van der Waals surface area contributed by atoms with E-state index in [-0.39, 0.29) is 23.0 Å². The predicted octanol–water partition coefficient (Wildman–Crippen LogP) is 2.68. The van der Waals surface area contributed by atoms with E-state index in [0.29, 0.717) is 6.54 Å². The fraction of sp³-hybridized carbons (Fsp3) is 0.438. The summed E-state index contributed by atoms with van der Waals surface area (Å²) in [5, 5.41) is 11.1. The Morgan fingerprint density at radius 1 is 1.50 bits per heavy atom. The molecule has 0 aliphatic carbocycles. The minimum absolute atomic E-state index is 0.171. The van der Waals surface area contributed by atoms with E-state index < -0.39 is 0 Å². The number of amides is 1. The van der Waals surface area contributed by atoms with Crippen molar-refractivity contribution in [2.24, 2.45) is 5.84 Å². The maximum absolute atomic E-state index is 12.2. The number of nitrogens with zero attached hydrogens (tertiary/aromatic N) is 1. The molecule has 0 aromatic heterocycles. The largest absolute Gasteiger partial charge is 0.508 e. The number of benzene rings is 1. The number of nitrogens with two attached hydrogens (primary N) is 1. The second-order valence-corrected chi connectivity index (χ2v) is 6.03. The SMILES string of the molecule is C=CCN(N)C(=O)C(C)c1ccc(O)c(C(C)(C)C)c1. The standard InChI is InChI=1S/C16H24N2O2/c1-6-9-18(17)15(20)11(2)12-7-8-14(19)13(10-12)16(3,4)5/h6-8,10-11,19H,1,9,17H2,2-5H3. The van der Waals surface area contributed by atoms with Crippen molar-refractivity contribution < 1.29 is 9.90 Å². The highest BCUT2D eigenvalue weighted by Gasteiger charge is 2.23. The van der Waals surface area contributed by atoms with E-state index in [1.807, 2.05) is 33.8 Å². The molecule has 0 heterocycles. The van der Waals surface area contributed by atoms with Gasteiger partial charge in [-0.15, -0.1) is 6.58 Å². The van der Waals surface area contributed by atoms with E-state index in [1.54, 1.807) is 18.2 Å². The first-order valence-corrected chi connectivity index (χ1v) is 6.68. The lowest BCUT2D eigenvalue weighted by Crippen LogP contribution is -2.40. The van der Waals surface area contributed by atoms with Crippen molar-refractivity contribution in [3.63, 3.8) is 0 Å². The number of carbonyl (C=O) groups is 1. The van der Waals surface area contributed by atoms with Crippen LogP contribution in [-0.2, 0) is 10.2 Å². The van der Waals surface area contributed by atoms with E-state index in [1.165, 1.54) is 0 Å². The Hall–Kier alpha value is -1.81. The molecular formula is C16H24N2O2. The molecular weight excluding hydrogens is 252 g/mol. The molecule has 1 atom stereocenters. The molecule has 1 unspecified atom stereocenters. The maximum Gasteiger partial charge on any atom is 0.244 e. The number of phenolic OH excluding ortho intramolecular Hbond substituents is 1. The van der Waals surface area contributed by atoms with Gasteiger partial charge in [-0.25, -0.2) is 5.84 Å². The quantitative estimate of drug-likeness (QED) is 0.384. The maximum atomic E-state index is 12.2. The van der Waals surface area contributed by atoms with Gasteiger partial charge >= 0.3 is 0 Å². The summed E-state index contributed by atoms with van der Waals surface area (Å²) in [6.45, 7) is 11.7. The zero-order valence-corrected chi connectivity index (χ0v) is 12.7. The Balaban J connectivity index is 3.08. The van der Waals surface area contributed by atoms with Gasteiger partial charge < -0.3 is 5.11 Å². The summed E-state index contributed by atoms with van der Waals surface area (Å²) in [4.78, 5) is 12.2. The molecule has 1 amide bonds. The third-order valence-electron chi connectivity index (χ3n) is 3.31. The van der Waals surface area contributed by atoms with Crippen LogP contribution in [0.2, 0.25) is 0 Å². The monoisotopic (exact) mass is 276 g/mol. The van der Waals surface area contributed by atoms with Crippen LogP contribution in [0.5, 0.6) is 5.75 Å². The van der Waals surface area contributed by atoms with Crippen molar-refractivity contribution in [1.82, 2.24) is 5.01 Å². The van der Waals surface area contributed by atoms with E-state index in [9.17, 15) is 9.90 Å². The molecule has 0 radical (unpaired) electrons. The average molecular weight is 276 g/mol. The molecule has 20 heavy (non-hydrogen) atoms. The van der Waals surface area contributed by atoms with Crippen molar-refractivity contribution in [3.05, 3.63) is 42.0 Å². The first-order chi connectivity index (χ1) is 9.18. The van der Waals surface area contributed by atoms with Gasteiger partial charge in [0.05, 0.1) is 12.5 Å². The van der Waals surface area contributed by atoms with Crippen LogP contribution in [-0.4, -0.2) is 22.6 Å². The summed E-state index contributed by atoms with van der Waals surface area (Å²) >= 11 is 0. The minimum atomic E-state index is -0.360. The average Bonchev–Trinajstić information content (AvgIpc) is 2.36. The Morgan fingerprint density at radius 2 is 2.10 bits per heavy atom. The second-order valence-electron chi connectivity index (χ2n) is 6.03. The number of rotatable bonds is 4. The summed E-state index contributed by atoms with van der Waals surface area (Å²) < 4.78 is 0. The third kappa shape index (κ3) is 3.61. The number of carbonyl (C=O) groups excluding carboxylic acids is 1. The first kappa shape index (κ1) is 16.2. The van der Waals surface area contributed by atoms with Crippen LogP contribution in [0.1, 0.15) is 44.7 Å². The Kier molecular flexibility index (Phi) is 4.95. The van der Waals surface area contributed by atoms with Crippen LogP contribution in [0.4, 0.5) is 0 Å². The highest BCUT2D eigenvalue weighted by atomic mass is 16.3. The predicted molar refractivity (Wildman–Crippen MR) is 81.3 cm³/mol. The highest BCUT2D eigenvalue weighted by Crippen LogP contribution is 2.33. The molecule has 0 spiro atoms. The van der Waals surface area contributed by atoms with E-state index in [4.69, 9.17) is 5.84 Å². The summed E-state index contributed by atoms with van der Waals surface area (Å²) in [6.07, 6.45) is 1.59. The molecule has 0 saturated carbocycles. The molecule has 0 aliphatic rings. The van der Waals surface area contributed by atoms with Crippen molar-refractivity contribution in [2.75, 3.05) is 6.54 Å². The fourth-order valence-electron chi connectivity index (χ4n) is 2.04. The number of hydrogen-bond acceptors (Lipinski definition) is 3. The molecule has 0 saturated heterocycles. The number of hydrazine groups is 1. The van der Waals surface area contributed by atoms with Gasteiger partial charge in [-0.3, -0.25) is 9.80 Å². The summed E-state index contributed by atoms with van der Waals surface area (Å²) in [6, 6.07) is 5.27. The summed E-state index contributed by atoms with van der Waals surface area (Å²) in [5.41, 5.74) is 1.48. The first-order valence-electron chi connectivity index (χ1n) is 6.68. The molecule has 4 nitrogen and oxygen atoms in total. The lowest BCUT2D eigenvalue weighted by molar-refractivity contribution is -0.132. The van der Waals surface area contributed by atoms with Crippen LogP contribution >= 0.6 is 0 Å². The highest BCUT2D eigenvalue weighted by molar-refractivity contribution is 5.83. The minimum Gasteiger partial charge on any atom is -0.508 e. The molecule has 1 rings (SSSR count). The van der Waals surface area contributed by atoms with Crippen LogP contribution in [0, 0.1) is 0 Å². The van der Waals surface area contributed by atoms with Gasteiger partial charge in [-0.05, 0) is 29.5 Å². The van der Waals surface area contributed by atoms with Gasteiger partial charge in [0.15, 0.2) is 0 Å². The topological polar surface area (TPSA) is 66.6 Å². The molecule has 1 aromatic carbocycles. The van der Waals surface area contributed by atoms with Crippen LogP contribution in [0.15, 0.2) is 30.9 Å². The normalized spacial score (nSPS) is 12.8. The second kappa shape index (κ2) is 6.09. The number of hydrogen-bond donors (Lipinski definition) is 2. The Morgan fingerprint density at radius 3 is 2.60 bits per heavy atom. The van der Waals surface area contributed by atoms with Crippen LogP contribution < -0.4 is 5.84 Å². The fourth-order valence-corrected chi connectivity index (χ4v) is 2.04. The van der Waals surface area contributed by atoms with Gasteiger partial charge in [-0.2, -0.15) is 0 Å². The van der Waals surface area contributed by atoms with E-state index >= 15 is 0 Å². The van der Waals surface area contributed by atoms with Gasteiger partial charge in [0.25, 0.3) is 0 Å². The molecule has 1 aromatic rings. The van der Waals surface area contributed by atoms with Gasteiger partial charge in [0.2, 0.25) is 5.91 Å². The van der Waals surface area contributed by atoms with E-state index in [2.05, 4.69) is 6.58 Å². The Bertz CT molecular complexity index is 504. The molecule has 0 aliphatic heterocycles.